The smallest absolute Gasteiger partial charge is 0.260 e. The van der Waals surface area contributed by atoms with Gasteiger partial charge in [0.15, 0.2) is 0 Å². The number of anilines is 1. The number of aromatic nitrogens is 2. The summed E-state index contributed by atoms with van der Waals surface area (Å²) in [6, 6.07) is 5.16. The van der Waals surface area contributed by atoms with Gasteiger partial charge in [0.25, 0.3) is 5.91 Å². The van der Waals surface area contributed by atoms with Crippen molar-refractivity contribution in [2.75, 3.05) is 12.4 Å². The number of aryl methyl sites for hydroxylation is 1. The van der Waals surface area contributed by atoms with Crippen molar-refractivity contribution in [1.82, 2.24) is 9.97 Å². The zero-order valence-corrected chi connectivity index (χ0v) is 12.1. The second-order valence-electron chi connectivity index (χ2n) is 3.79. The number of carbonyl (C=O) groups excluding carboxylic acids is 1. The van der Waals surface area contributed by atoms with Crippen LogP contribution in [0.3, 0.4) is 0 Å². The summed E-state index contributed by atoms with van der Waals surface area (Å²) in [6.07, 6.45) is 3.03. The molecule has 5 nitrogen and oxygen atoms in total. The molecule has 2 heterocycles. The first-order valence-electron chi connectivity index (χ1n) is 5.54. The lowest BCUT2D eigenvalue weighted by Gasteiger charge is -2.08. The van der Waals surface area contributed by atoms with E-state index in [-0.39, 0.29) is 5.91 Å². The summed E-state index contributed by atoms with van der Waals surface area (Å²) in [7, 11) is 1.50. The number of nitrogens with zero attached hydrogens (tertiary/aromatic N) is 2. The molecule has 0 aromatic carbocycles. The highest BCUT2D eigenvalue weighted by atomic mass is 79.9. The molecule has 0 aliphatic heterocycles. The molecular formula is C13H12BrN3O2. The SMILES string of the molecule is COc1cnccc1C(=O)Nc1ccc(Br)c(C)n1. The van der Waals surface area contributed by atoms with Crippen LogP contribution >= 0.6 is 15.9 Å². The first-order chi connectivity index (χ1) is 9.11. The van der Waals surface area contributed by atoms with E-state index in [2.05, 4.69) is 31.2 Å². The van der Waals surface area contributed by atoms with Crippen molar-refractivity contribution in [2.24, 2.45) is 0 Å². The number of hydrogen-bond donors (Lipinski definition) is 1. The quantitative estimate of drug-likeness (QED) is 0.944. The number of nitrogens with one attached hydrogen (secondary N) is 1. The summed E-state index contributed by atoms with van der Waals surface area (Å²) in [5.74, 6) is 0.631. The summed E-state index contributed by atoms with van der Waals surface area (Å²) in [6.45, 7) is 1.85. The maximum absolute atomic E-state index is 12.1. The van der Waals surface area contributed by atoms with Crippen LogP contribution in [-0.4, -0.2) is 23.0 Å². The third-order valence-corrected chi connectivity index (χ3v) is 3.35. The summed E-state index contributed by atoms with van der Waals surface area (Å²) in [5.41, 5.74) is 1.22. The second kappa shape index (κ2) is 5.79. The van der Waals surface area contributed by atoms with Gasteiger partial charge in [-0.05, 0) is 41.1 Å². The van der Waals surface area contributed by atoms with Crippen molar-refractivity contribution in [3.8, 4) is 5.75 Å². The minimum atomic E-state index is -0.284. The van der Waals surface area contributed by atoms with Gasteiger partial charge in [0.1, 0.15) is 11.6 Å². The highest BCUT2D eigenvalue weighted by Crippen LogP contribution is 2.19. The molecule has 0 aliphatic carbocycles. The van der Waals surface area contributed by atoms with Crippen molar-refractivity contribution in [1.29, 1.82) is 0 Å². The number of hydrogen-bond acceptors (Lipinski definition) is 4. The lowest BCUT2D eigenvalue weighted by molar-refractivity contribution is 0.102. The fourth-order valence-electron chi connectivity index (χ4n) is 1.53. The minimum Gasteiger partial charge on any atom is -0.494 e. The molecule has 19 heavy (non-hydrogen) atoms. The molecule has 0 atom stereocenters. The standard InChI is InChI=1S/C13H12BrN3O2/c1-8-10(14)3-4-12(16-8)17-13(18)9-5-6-15-7-11(9)19-2/h3-7H,1-2H3,(H,16,17,18). The number of amides is 1. The third kappa shape index (κ3) is 3.08. The van der Waals surface area contributed by atoms with E-state index in [1.54, 1.807) is 12.1 Å². The summed E-state index contributed by atoms with van der Waals surface area (Å²) in [5, 5.41) is 2.72. The van der Waals surface area contributed by atoms with E-state index in [0.29, 0.717) is 17.1 Å². The van der Waals surface area contributed by atoms with E-state index in [9.17, 15) is 4.79 Å². The molecule has 0 aliphatic rings. The molecule has 1 N–H and O–H groups in total. The van der Waals surface area contributed by atoms with Crippen molar-refractivity contribution >= 4 is 27.7 Å². The van der Waals surface area contributed by atoms with Crippen LogP contribution in [0.25, 0.3) is 0 Å². The van der Waals surface area contributed by atoms with Gasteiger partial charge in [-0.1, -0.05) is 0 Å². The monoisotopic (exact) mass is 321 g/mol. The molecule has 0 radical (unpaired) electrons. The summed E-state index contributed by atoms with van der Waals surface area (Å²) >= 11 is 3.36. The Morgan fingerprint density at radius 1 is 1.37 bits per heavy atom. The van der Waals surface area contributed by atoms with E-state index < -0.39 is 0 Å². The third-order valence-electron chi connectivity index (χ3n) is 2.51. The van der Waals surface area contributed by atoms with Gasteiger partial charge >= 0.3 is 0 Å². The van der Waals surface area contributed by atoms with Crippen LogP contribution in [0.5, 0.6) is 5.75 Å². The van der Waals surface area contributed by atoms with Crippen LogP contribution in [-0.2, 0) is 0 Å². The van der Waals surface area contributed by atoms with E-state index in [4.69, 9.17) is 4.74 Å². The molecule has 6 heteroatoms. The lowest BCUT2D eigenvalue weighted by Crippen LogP contribution is -2.14. The van der Waals surface area contributed by atoms with E-state index in [0.717, 1.165) is 10.2 Å². The van der Waals surface area contributed by atoms with Crippen LogP contribution in [0.15, 0.2) is 35.1 Å². The Bertz CT molecular complexity index is 617. The van der Waals surface area contributed by atoms with E-state index >= 15 is 0 Å². The predicted octanol–water partition coefficient (Wildman–Crippen LogP) is 2.81. The van der Waals surface area contributed by atoms with Gasteiger partial charge in [0.2, 0.25) is 0 Å². The van der Waals surface area contributed by atoms with Crippen LogP contribution in [0.2, 0.25) is 0 Å². The zero-order chi connectivity index (χ0) is 13.8. The Labute approximate surface area is 119 Å². The number of pyridine rings is 2. The van der Waals surface area contributed by atoms with Gasteiger partial charge < -0.3 is 10.1 Å². The van der Waals surface area contributed by atoms with Crippen LogP contribution in [0.4, 0.5) is 5.82 Å². The molecule has 2 aromatic heterocycles. The van der Waals surface area contributed by atoms with Gasteiger partial charge in [-0.25, -0.2) is 4.98 Å². The molecule has 2 rings (SSSR count). The van der Waals surface area contributed by atoms with Crippen LogP contribution < -0.4 is 10.1 Å². The molecule has 0 fully saturated rings. The molecule has 0 spiro atoms. The number of halogens is 1. The fraction of sp³-hybridized carbons (Fsp3) is 0.154. The number of ether oxygens (including phenoxy) is 1. The van der Waals surface area contributed by atoms with Crippen molar-refractivity contribution < 1.29 is 9.53 Å². The highest BCUT2D eigenvalue weighted by Gasteiger charge is 2.12. The van der Waals surface area contributed by atoms with Gasteiger partial charge in [0.05, 0.1) is 24.6 Å². The molecule has 0 unspecified atom stereocenters. The second-order valence-corrected chi connectivity index (χ2v) is 4.65. The number of rotatable bonds is 3. The zero-order valence-electron chi connectivity index (χ0n) is 10.5. The number of methoxy groups -OCH3 is 1. The van der Waals surface area contributed by atoms with E-state index in [1.165, 1.54) is 19.5 Å². The maximum atomic E-state index is 12.1. The molecule has 0 saturated carbocycles. The number of carbonyl (C=O) groups is 1. The van der Waals surface area contributed by atoms with Crippen LogP contribution in [0.1, 0.15) is 16.1 Å². The maximum Gasteiger partial charge on any atom is 0.260 e. The Morgan fingerprint density at radius 3 is 2.84 bits per heavy atom. The van der Waals surface area contributed by atoms with Crippen LogP contribution in [0, 0.1) is 6.92 Å². The molecular weight excluding hydrogens is 310 g/mol. The topological polar surface area (TPSA) is 64.1 Å². The predicted molar refractivity (Wildman–Crippen MR) is 75.4 cm³/mol. The van der Waals surface area contributed by atoms with Crippen molar-refractivity contribution in [3.05, 3.63) is 46.3 Å². The summed E-state index contributed by atoms with van der Waals surface area (Å²) < 4.78 is 5.99. The van der Waals surface area contributed by atoms with Gasteiger partial charge in [-0.3, -0.25) is 9.78 Å². The van der Waals surface area contributed by atoms with Crippen molar-refractivity contribution in [2.45, 2.75) is 6.92 Å². The molecule has 0 saturated heterocycles. The molecule has 2 aromatic rings. The van der Waals surface area contributed by atoms with Gasteiger partial charge in [-0.2, -0.15) is 0 Å². The molecule has 1 amide bonds. The minimum absolute atomic E-state index is 0.284. The first kappa shape index (κ1) is 13.5. The Hall–Kier alpha value is -1.95. The van der Waals surface area contributed by atoms with E-state index in [1.807, 2.05) is 13.0 Å². The lowest BCUT2D eigenvalue weighted by atomic mass is 10.2. The average Bonchev–Trinajstić information content (AvgIpc) is 2.43. The molecule has 0 bridgehead atoms. The van der Waals surface area contributed by atoms with Gasteiger partial charge in [0, 0.05) is 10.7 Å². The Kier molecular flexibility index (Phi) is 4.11. The normalized spacial score (nSPS) is 10.1. The van der Waals surface area contributed by atoms with Gasteiger partial charge in [-0.15, -0.1) is 0 Å². The van der Waals surface area contributed by atoms with Crippen molar-refractivity contribution in [3.63, 3.8) is 0 Å². The largest absolute Gasteiger partial charge is 0.494 e. The fourth-order valence-corrected chi connectivity index (χ4v) is 1.75. The Morgan fingerprint density at radius 2 is 2.16 bits per heavy atom. The summed E-state index contributed by atoms with van der Waals surface area (Å²) in [4.78, 5) is 20.3. The first-order valence-corrected chi connectivity index (χ1v) is 6.33. The molecule has 98 valence electrons. The average molecular weight is 322 g/mol. The highest BCUT2D eigenvalue weighted by molar-refractivity contribution is 9.10. The Balaban J connectivity index is 2.23.